The van der Waals surface area contributed by atoms with Crippen LogP contribution < -0.4 is 0 Å². The maximum Gasteiger partial charge on any atom is 0.329 e. The molecule has 2 amide bonds. The Hall–Kier alpha value is -2.63. The van der Waals surface area contributed by atoms with Crippen LogP contribution in [-0.4, -0.2) is 46.7 Å². The number of carbonyl (C=O) groups excluding carboxylic acids is 3. The second-order valence-corrected chi connectivity index (χ2v) is 7.79. The number of amides is 2. The molecule has 158 valence electrons. The molecule has 0 fully saturated rings. The fourth-order valence-corrected chi connectivity index (χ4v) is 3.50. The van der Waals surface area contributed by atoms with Gasteiger partial charge in [0.2, 0.25) is 5.91 Å². The third-order valence-electron chi connectivity index (χ3n) is 4.87. The van der Waals surface area contributed by atoms with Crippen molar-refractivity contribution in [1.82, 2.24) is 9.80 Å². The van der Waals surface area contributed by atoms with Crippen LogP contribution in [0.25, 0.3) is 0 Å². The van der Waals surface area contributed by atoms with E-state index in [-0.39, 0.29) is 24.3 Å². The Morgan fingerprint density at radius 1 is 1.17 bits per heavy atom. The van der Waals surface area contributed by atoms with Gasteiger partial charge in [-0.15, -0.1) is 0 Å². The van der Waals surface area contributed by atoms with Gasteiger partial charge in [0, 0.05) is 20.0 Å². The SMILES string of the molecule is CCCN(C(=O)C1=CCCN1C(C)=O)[C@H](CC(C)C)C(=O)OCc1ccccc1. The van der Waals surface area contributed by atoms with Gasteiger partial charge >= 0.3 is 5.97 Å². The first-order valence-electron chi connectivity index (χ1n) is 10.3. The molecule has 1 heterocycles. The number of ether oxygens (including phenoxy) is 1. The van der Waals surface area contributed by atoms with Crippen molar-refractivity contribution in [3.8, 4) is 0 Å². The van der Waals surface area contributed by atoms with Crippen molar-refractivity contribution in [2.45, 2.75) is 59.6 Å². The molecule has 1 aromatic rings. The Morgan fingerprint density at radius 2 is 1.86 bits per heavy atom. The van der Waals surface area contributed by atoms with Crippen LogP contribution in [0.4, 0.5) is 0 Å². The third-order valence-corrected chi connectivity index (χ3v) is 4.87. The Bertz CT molecular complexity index is 743. The number of nitrogens with zero attached hydrogens (tertiary/aromatic N) is 2. The van der Waals surface area contributed by atoms with E-state index in [0.29, 0.717) is 38.0 Å². The second-order valence-electron chi connectivity index (χ2n) is 7.79. The molecule has 6 nitrogen and oxygen atoms in total. The second kappa shape index (κ2) is 10.8. The first kappa shape index (κ1) is 22.7. The molecule has 0 radical (unpaired) electrons. The Labute approximate surface area is 173 Å². The molecule has 1 aliphatic rings. The summed E-state index contributed by atoms with van der Waals surface area (Å²) in [4.78, 5) is 41.3. The van der Waals surface area contributed by atoms with E-state index in [0.717, 1.165) is 5.56 Å². The molecule has 1 atom stereocenters. The Morgan fingerprint density at radius 3 is 2.45 bits per heavy atom. The van der Waals surface area contributed by atoms with Crippen molar-refractivity contribution in [1.29, 1.82) is 0 Å². The van der Waals surface area contributed by atoms with E-state index in [9.17, 15) is 14.4 Å². The number of carbonyl (C=O) groups is 3. The highest BCUT2D eigenvalue weighted by Crippen LogP contribution is 2.22. The molecule has 0 aromatic heterocycles. The summed E-state index contributed by atoms with van der Waals surface area (Å²) >= 11 is 0. The minimum atomic E-state index is -0.679. The van der Waals surface area contributed by atoms with Gasteiger partial charge in [0.25, 0.3) is 5.91 Å². The summed E-state index contributed by atoms with van der Waals surface area (Å²) in [5.74, 6) is -0.636. The van der Waals surface area contributed by atoms with Crippen LogP contribution in [0.15, 0.2) is 42.1 Å². The summed E-state index contributed by atoms with van der Waals surface area (Å²) in [5, 5.41) is 0. The zero-order valence-corrected chi connectivity index (χ0v) is 17.9. The van der Waals surface area contributed by atoms with Crippen molar-refractivity contribution in [2.75, 3.05) is 13.1 Å². The highest BCUT2D eigenvalue weighted by molar-refractivity contribution is 5.99. The minimum absolute atomic E-state index is 0.161. The van der Waals surface area contributed by atoms with Crippen LogP contribution >= 0.6 is 0 Å². The molecular formula is C23H32N2O4. The smallest absolute Gasteiger partial charge is 0.329 e. The molecule has 1 aromatic carbocycles. The van der Waals surface area contributed by atoms with Crippen molar-refractivity contribution < 1.29 is 19.1 Å². The predicted octanol–water partition coefficient (Wildman–Crippen LogP) is 3.52. The van der Waals surface area contributed by atoms with Crippen molar-refractivity contribution in [3.05, 3.63) is 47.7 Å². The summed E-state index contributed by atoms with van der Waals surface area (Å²) in [6, 6.07) is 8.81. The number of hydrogen-bond acceptors (Lipinski definition) is 4. The van der Waals surface area contributed by atoms with E-state index < -0.39 is 12.0 Å². The van der Waals surface area contributed by atoms with Crippen LogP contribution in [0.2, 0.25) is 0 Å². The summed E-state index contributed by atoms with van der Waals surface area (Å²) in [6.45, 7) is 8.56. The lowest BCUT2D eigenvalue weighted by Crippen LogP contribution is -2.49. The average Bonchev–Trinajstić information content (AvgIpc) is 3.19. The largest absolute Gasteiger partial charge is 0.459 e. The molecule has 29 heavy (non-hydrogen) atoms. The van der Waals surface area contributed by atoms with Crippen molar-refractivity contribution in [2.24, 2.45) is 5.92 Å². The highest BCUT2D eigenvalue weighted by atomic mass is 16.5. The van der Waals surface area contributed by atoms with E-state index in [1.165, 1.54) is 11.8 Å². The lowest BCUT2D eigenvalue weighted by atomic mass is 10.0. The lowest BCUT2D eigenvalue weighted by Gasteiger charge is -2.33. The molecule has 0 saturated carbocycles. The summed E-state index contributed by atoms with van der Waals surface area (Å²) in [7, 11) is 0. The van der Waals surface area contributed by atoms with Gasteiger partial charge in [-0.25, -0.2) is 4.79 Å². The zero-order chi connectivity index (χ0) is 21.4. The summed E-state index contributed by atoms with van der Waals surface area (Å²) in [6.07, 6.45) is 3.65. The molecule has 2 rings (SSSR count). The molecule has 0 spiro atoms. The Kier molecular flexibility index (Phi) is 8.43. The average molecular weight is 401 g/mol. The van der Waals surface area contributed by atoms with Gasteiger partial charge < -0.3 is 14.5 Å². The van der Waals surface area contributed by atoms with Gasteiger partial charge in [-0.05, 0) is 30.7 Å². The van der Waals surface area contributed by atoms with Gasteiger partial charge in [0.05, 0.1) is 0 Å². The van der Waals surface area contributed by atoms with E-state index >= 15 is 0 Å². The summed E-state index contributed by atoms with van der Waals surface area (Å²) < 4.78 is 5.57. The van der Waals surface area contributed by atoms with E-state index in [1.54, 1.807) is 11.0 Å². The quantitative estimate of drug-likeness (QED) is 0.595. The van der Waals surface area contributed by atoms with E-state index in [4.69, 9.17) is 4.74 Å². The van der Waals surface area contributed by atoms with Gasteiger partial charge in [-0.2, -0.15) is 0 Å². The van der Waals surface area contributed by atoms with Crippen LogP contribution in [0.3, 0.4) is 0 Å². The molecule has 0 aliphatic carbocycles. The number of rotatable bonds is 9. The fraction of sp³-hybridized carbons (Fsp3) is 0.522. The molecule has 0 unspecified atom stereocenters. The van der Waals surface area contributed by atoms with E-state index in [1.807, 2.05) is 51.1 Å². The number of benzene rings is 1. The normalized spacial score (nSPS) is 14.5. The highest BCUT2D eigenvalue weighted by Gasteiger charge is 2.36. The first-order chi connectivity index (χ1) is 13.8. The van der Waals surface area contributed by atoms with Gasteiger partial charge in [0.15, 0.2) is 0 Å². The van der Waals surface area contributed by atoms with Crippen molar-refractivity contribution in [3.63, 3.8) is 0 Å². The molecule has 0 N–H and O–H groups in total. The van der Waals surface area contributed by atoms with Gasteiger partial charge in [-0.1, -0.05) is 57.2 Å². The Balaban J connectivity index is 2.21. The predicted molar refractivity (Wildman–Crippen MR) is 112 cm³/mol. The molecule has 6 heteroatoms. The fourth-order valence-electron chi connectivity index (χ4n) is 3.50. The lowest BCUT2D eigenvalue weighted by molar-refractivity contribution is -0.156. The standard InChI is InChI=1S/C23H32N2O4/c1-5-13-25(22(27)20-12-9-14-24(20)18(4)26)21(15-17(2)3)23(28)29-16-19-10-7-6-8-11-19/h6-8,10-12,17,21H,5,9,13-16H2,1-4H3/t21-/m1/s1. The van der Waals surface area contributed by atoms with E-state index in [2.05, 4.69) is 0 Å². The maximum atomic E-state index is 13.3. The molecule has 0 saturated heterocycles. The monoisotopic (exact) mass is 400 g/mol. The zero-order valence-electron chi connectivity index (χ0n) is 17.9. The van der Waals surface area contributed by atoms with Gasteiger partial charge in [-0.3, -0.25) is 9.59 Å². The van der Waals surface area contributed by atoms with Crippen LogP contribution in [0, 0.1) is 5.92 Å². The van der Waals surface area contributed by atoms with Gasteiger partial charge in [0.1, 0.15) is 18.3 Å². The third kappa shape index (κ3) is 6.17. The van der Waals surface area contributed by atoms with Crippen LogP contribution in [0.1, 0.15) is 52.5 Å². The molecule has 1 aliphatic heterocycles. The number of esters is 1. The van der Waals surface area contributed by atoms with Crippen LogP contribution in [0.5, 0.6) is 0 Å². The maximum absolute atomic E-state index is 13.3. The molecule has 0 bridgehead atoms. The molecular weight excluding hydrogens is 368 g/mol. The summed E-state index contributed by atoms with van der Waals surface area (Å²) in [5.41, 5.74) is 1.27. The number of hydrogen-bond donors (Lipinski definition) is 0. The van der Waals surface area contributed by atoms with Crippen molar-refractivity contribution >= 4 is 17.8 Å². The van der Waals surface area contributed by atoms with Crippen LogP contribution in [-0.2, 0) is 25.7 Å². The first-order valence-corrected chi connectivity index (χ1v) is 10.3. The topological polar surface area (TPSA) is 66.9 Å². The minimum Gasteiger partial charge on any atom is -0.459 e.